The highest BCUT2D eigenvalue weighted by molar-refractivity contribution is 5.82. The number of fused-ring (bicyclic) bond motifs is 1. The molecule has 0 aliphatic carbocycles. The van der Waals surface area contributed by atoms with Crippen molar-refractivity contribution in [3.05, 3.63) is 54.0 Å². The van der Waals surface area contributed by atoms with Crippen LogP contribution >= 0.6 is 0 Å². The van der Waals surface area contributed by atoms with Crippen molar-refractivity contribution in [3.8, 4) is 0 Å². The zero-order valence-corrected chi connectivity index (χ0v) is 13.6. The molecule has 0 aromatic carbocycles. The first-order valence-corrected chi connectivity index (χ1v) is 7.46. The Morgan fingerprint density at radius 1 is 1.14 bits per heavy atom. The van der Waals surface area contributed by atoms with E-state index < -0.39 is 0 Å². The summed E-state index contributed by atoms with van der Waals surface area (Å²) in [5, 5.41) is 1.18. The van der Waals surface area contributed by atoms with Crippen LogP contribution in [0.1, 0.15) is 30.8 Å². The highest BCUT2D eigenvalue weighted by Crippen LogP contribution is 2.20. The lowest BCUT2D eigenvalue weighted by molar-refractivity contribution is 0.177. The number of hydrogen-bond donors (Lipinski definition) is 0. The van der Waals surface area contributed by atoms with Crippen molar-refractivity contribution in [3.63, 3.8) is 0 Å². The minimum Gasteiger partial charge on any atom is -0.377 e. The molecule has 3 rings (SSSR count). The lowest BCUT2D eigenvalue weighted by Gasteiger charge is -2.05. The van der Waals surface area contributed by atoms with Gasteiger partial charge < -0.3 is 9.30 Å². The van der Waals surface area contributed by atoms with Crippen molar-refractivity contribution in [1.82, 2.24) is 19.5 Å². The van der Waals surface area contributed by atoms with Gasteiger partial charge in [-0.25, -0.2) is 9.97 Å². The maximum absolute atomic E-state index is 5.01. The van der Waals surface area contributed by atoms with E-state index in [1.807, 2.05) is 44.7 Å². The third kappa shape index (κ3) is 3.49. The van der Waals surface area contributed by atoms with E-state index in [4.69, 9.17) is 4.74 Å². The minimum absolute atomic E-state index is 0.442. The quantitative estimate of drug-likeness (QED) is 0.741. The number of pyridine rings is 1. The monoisotopic (exact) mass is 298 g/mol. The SMILES string of the molecule is CC.COCc1ncc(Cn2cc(C)c3cnccc32)cn1. The number of hydrogen-bond acceptors (Lipinski definition) is 4. The van der Waals surface area contributed by atoms with Crippen molar-refractivity contribution in [1.29, 1.82) is 0 Å². The van der Waals surface area contributed by atoms with Gasteiger partial charge in [0.1, 0.15) is 6.61 Å². The molecule has 0 N–H and O–H groups in total. The van der Waals surface area contributed by atoms with Crippen LogP contribution in [0.4, 0.5) is 0 Å². The van der Waals surface area contributed by atoms with Crippen LogP contribution in [0, 0.1) is 6.92 Å². The standard InChI is InChI=1S/C15H16N4O.C2H6/c1-11-8-19(14-3-4-16-7-13(11)14)9-12-5-17-15(10-20-2)18-6-12;1-2/h3-8H,9-10H2,1-2H3;1-2H3. The predicted molar refractivity (Wildman–Crippen MR) is 87.7 cm³/mol. The molecule has 3 aromatic heterocycles. The lowest BCUT2D eigenvalue weighted by atomic mass is 10.2. The summed E-state index contributed by atoms with van der Waals surface area (Å²) in [5.74, 6) is 0.703. The summed E-state index contributed by atoms with van der Waals surface area (Å²) in [5.41, 5.74) is 3.47. The molecule has 116 valence electrons. The van der Waals surface area contributed by atoms with Crippen LogP contribution in [-0.4, -0.2) is 26.6 Å². The Labute approximate surface area is 131 Å². The number of aryl methyl sites for hydroxylation is 1. The van der Waals surface area contributed by atoms with Gasteiger partial charge in [0, 0.05) is 49.0 Å². The van der Waals surface area contributed by atoms with Gasteiger partial charge >= 0.3 is 0 Å². The molecule has 5 heteroatoms. The molecule has 5 nitrogen and oxygen atoms in total. The van der Waals surface area contributed by atoms with Gasteiger partial charge in [-0.3, -0.25) is 4.98 Å². The summed E-state index contributed by atoms with van der Waals surface area (Å²) in [6, 6.07) is 2.03. The first kappa shape index (κ1) is 16.1. The van der Waals surface area contributed by atoms with E-state index >= 15 is 0 Å². The summed E-state index contributed by atoms with van der Waals surface area (Å²) in [7, 11) is 1.64. The van der Waals surface area contributed by atoms with Gasteiger partial charge in [-0.05, 0) is 18.6 Å². The van der Waals surface area contributed by atoms with Crippen LogP contribution in [0.3, 0.4) is 0 Å². The van der Waals surface area contributed by atoms with Gasteiger partial charge in [-0.2, -0.15) is 0 Å². The van der Waals surface area contributed by atoms with Gasteiger partial charge in [0.2, 0.25) is 0 Å². The summed E-state index contributed by atoms with van der Waals surface area (Å²) in [6.07, 6.45) is 9.55. The second-order valence-corrected chi connectivity index (χ2v) is 4.77. The number of methoxy groups -OCH3 is 1. The second-order valence-electron chi connectivity index (χ2n) is 4.77. The van der Waals surface area contributed by atoms with Gasteiger partial charge in [0.05, 0.1) is 12.1 Å². The maximum Gasteiger partial charge on any atom is 0.153 e. The Kier molecular flexibility index (Phi) is 5.61. The van der Waals surface area contributed by atoms with Gasteiger partial charge in [-0.15, -0.1) is 0 Å². The molecule has 0 saturated heterocycles. The van der Waals surface area contributed by atoms with E-state index in [-0.39, 0.29) is 0 Å². The molecular weight excluding hydrogens is 276 g/mol. The van der Waals surface area contributed by atoms with Crippen molar-refractivity contribution in [2.75, 3.05) is 7.11 Å². The molecule has 0 saturated carbocycles. The van der Waals surface area contributed by atoms with Crippen LogP contribution in [0.25, 0.3) is 10.9 Å². The molecule has 0 radical (unpaired) electrons. The van der Waals surface area contributed by atoms with Crippen molar-refractivity contribution < 1.29 is 4.74 Å². The predicted octanol–water partition coefficient (Wildman–Crippen LogP) is 3.36. The summed E-state index contributed by atoms with van der Waals surface area (Å²) in [4.78, 5) is 12.8. The van der Waals surface area contributed by atoms with Crippen LogP contribution in [0.5, 0.6) is 0 Å². The summed E-state index contributed by atoms with van der Waals surface area (Å²) >= 11 is 0. The number of rotatable bonds is 4. The normalized spacial score (nSPS) is 10.4. The molecule has 3 heterocycles. The number of nitrogens with zero attached hydrogens (tertiary/aromatic N) is 4. The Hall–Kier alpha value is -2.27. The first-order valence-electron chi connectivity index (χ1n) is 7.46. The summed E-state index contributed by atoms with van der Waals surface area (Å²) in [6.45, 7) is 7.29. The maximum atomic E-state index is 5.01. The van der Waals surface area contributed by atoms with E-state index in [0.29, 0.717) is 12.4 Å². The third-order valence-corrected chi connectivity index (χ3v) is 3.27. The molecule has 0 spiro atoms. The van der Waals surface area contributed by atoms with Crippen LogP contribution in [-0.2, 0) is 17.9 Å². The minimum atomic E-state index is 0.442. The fourth-order valence-electron chi connectivity index (χ4n) is 2.31. The average Bonchev–Trinajstić information content (AvgIpc) is 2.88. The van der Waals surface area contributed by atoms with Crippen LogP contribution in [0.15, 0.2) is 37.1 Å². The third-order valence-electron chi connectivity index (χ3n) is 3.27. The highest BCUT2D eigenvalue weighted by atomic mass is 16.5. The Morgan fingerprint density at radius 3 is 2.55 bits per heavy atom. The Morgan fingerprint density at radius 2 is 1.86 bits per heavy atom. The van der Waals surface area contributed by atoms with Crippen LogP contribution < -0.4 is 0 Å². The average molecular weight is 298 g/mol. The molecule has 0 fully saturated rings. The van der Waals surface area contributed by atoms with Crippen molar-refractivity contribution in [2.24, 2.45) is 0 Å². The molecule has 0 unspecified atom stereocenters. The van der Waals surface area contributed by atoms with E-state index in [2.05, 4.69) is 32.6 Å². The first-order chi connectivity index (χ1) is 10.8. The Balaban J connectivity index is 0.000000847. The van der Waals surface area contributed by atoms with Gasteiger partial charge in [0.25, 0.3) is 0 Å². The molecule has 3 aromatic rings. The number of ether oxygens (including phenoxy) is 1. The fraction of sp³-hybridized carbons (Fsp3) is 0.353. The molecule has 0 amide bonds. The van der Waals surface area contributed by atoms with Gasteiger partial charge in [0.15, 0.2) is 5.82 Å². The summed E-state index contributed by atoms with van der Waals surface area (Å²) < 4.78 is 7.21. The molecular formula is C17H22N4O. The zero-order valence-electron chi connectivity index (χ0n) is 13.6. The van der Waals surface area contributed by atoms with Crippen molar-refractivity contribution in [2.45, 2.75) is 33.9 Å². The number of aromatic nitrogens is 4. The molecule has 22 heavy (non-hydrogen) atoms. The zero-order chi connectivity index (χ0) is 15.9. The second kappa shape index (κ2) is 7.66. The molecule has 0 bridgehead atoms. The fourth-order valence-corrected chi connectivity index (χ4v) is 2.31. The van der Waals surface area contributed by atoms with E-state index in [0.717, 1.165) is 12.1 Å². The lowest BCUT2D eigenvalue weighted by Crippen LogP contribution is -2.02. The molecule has 0 aliphatic heterocycles. The largest absolute Gasteiger partial charge is 0.377 e. The topological polar surface area (TPSA) is 52.8 Å². The molecule has 0 atom stereocenters. The van der Waals surface area contributed by atoms with E-state index in [1.54, 1.807) is 7.11 Å². The van der Waals surface area contributed by atoms with E-state index in [1.165, 1.54) is 16.5 Å². The highest BCUT2D eigenvalue weighted by Gasteiger charge is 2.06. The van der Waals surface area contributed by atoms with Gasteiger partial charge in [-0.1, -0.05) is 13.8 Å². The van der Waals surface area contributed by atoms with Crippen LogP contribution in [0.2, 0.25) is 0 Å². The van der Waals surface area contributed by atoms with Crippen molar-refractivity contribution >= 4 is 10.9 Å². The Bertz CT molecular complexity index is 719. The smallest absolute Gasteiger partial charge is 0.153 e. The van der Waals surface area contributed by atoms with E-state index in [9.17, 15) is 0 Å². The molecule has 0 aliphatic rings.